The first-order valence-electron chi connectivity index (χ1n) is 8.50. The molecule has 0 bridgehead atoms. The van der Waals surface area contributed by atoms with E-state index in [9.17, 15) is 0 Å². The van der Waals surface area contributed by atoms with Crippen molar-refractivity contribution in [1.29, 1.82) is 0 Å². The number of benzene rings is 1. The molecule has 1 fully saturated rings. The van der Waals surface area contributed by atoms with Crippen LogP contribution in [0, 0.1) is 0 Å². The third-order valence-corrected chi connectivity index (χ3v) is 5.28. The van der Waals surface area contributed by atoms with Crippen LogP contribution < -0.4 is 10.6 Å². The molecule has 0 spiro atoms. The lowest BCUT2D eigenvalue weighted by atomic mass is 10.2. The van der Waals surface area contributed by atoms with Crippen molar-refractivity contribution in [2.75, 3.05) is 18.8 Å². The summed E-state index contributed by atoms with van der Waals surface area (Å²) in [5.74, 6) is 2.90. The highest BCUT2D eigenvalue weighted by molar-refractivity contribution is 8.00. The zero-order valence-electron chi connectivity index (χ0n) is 14.0. The monoisotopic (exact) mass is 344 g/mol. The molecule has 2 N–H and O–H groups in total. The van der Waals surface area contributed by atoms with Gasteiger partial charge in [-0.3, -0.25) is 0 Å². The molecule has 0 saturated carbocycles. The molecule has 1 aromatic heterocycles. The maximum absolute atomic E-state index is 5.42. The number of thioether (sulfide) groups is 1. The minimum Gasteiger partial charge on any atom is -0.357 e. The van der Waals surface area contributed by atoms with E-state index in [2.05, 4.69) is 27.7 Å². The molecule has 1 saturated heterocycles. The van der Waals surface area contributed by atoms with Crippen LogP contribution in [0.25, 0.3) is 11.3 Å². The van der Waals surface area contributed by atoms with E-state index >= 15 is 0 Å². The van der Waals surface area contributed by atoms with E-state index in [0.29, 0.717) is 11.8 Å². The molecular weight excluding hydrogens is 320 g/mol. The summed E-state index contributed by atoms with van der Waals surface area (Å²) in [6.45, 7) is 4.39. The maximum atomic E-state index is 5.42. The zero-order chi connectivity index (χ0) is 16.6. The summed E-state index contributed by atoms with van der Waals surface area (Å²) in [7, 11) is 0. The van der Waals surface area contributed by atoms with Gasteiger partial charge in [0.2, 0.25) is 0 Å². The van der Waals surface area contributed by atoms with Crippen molar-refractivity contribution in [3.63, 3.8) is 0 Å². The van der Waals surface area contributed by atoms with E-state index in [-0.39, 0.29) is 0 Å². The smallest absolute Gasteiger partial charge is 0.191 e. The molecule has 6 heteroatoms. The molecule has 1 unspecified atom stereocenters. The average molecular weight is 344 g/mol. The SMILES string of the molecule is CCNC(=NCc1cc(-c2ccccc2)on1)NCC1CCCS1. The quantitative estimate of drug-likeness (QED) is 0.622. The van der Waals surface area contributed by atoms with Gasteiger partial charge in [0.25, 0.3) is 0 Å². The van der Waals surface area contributed by atoms with Crippen molar-refractivity contribution < 1.29 is 4.52 Å². The Balaban J connectivity index is 1.58. The minimum absolute atomic E-state index is 0.503. The van der Waals surface area contributed by atoms with Crippen LogP contribution in [-0.4, -0.2) is 35.2 Å². The fourth-order valence-electron chi connectivity index (χ4n) is 2.64. The van der Waals surface area contributed by atoms with Gasteiger partial charge >= 0.3 is 0 Å². The lowest BCUT2D eigenvalue weighted by Gasteiger charge is -2.14. The summed E-state index contributed by atoms with van der Waals surface area (Å²) < 4.78 is 5.42. The number of nitrogens with one attached hydrogen (secondary N) is 2. The molecule has 128 valence electrons. The highest BCUT2D eigenvalue weighted by Crippen LogP contribution is 2.25. The third-order valence-electron chi connectivity index (χ3n) is 3.88. The molecular formula is C18H24N4OS. The van der Waals surface area contributed by atoms with Crippen LogP contribution in [-0.2, 0) is 6.54 Å². The molecule has 2 heterocycles. The summed E-state index contributed by atoms with van der Waals surface area (Å²) in [6.07, 6.45) is 2.62. The highest BCUT2D eigenvalue weighted by Gasteiger charge is 2.15. The first-order valence-corrected chi connectivity index (χ1v) is 9.55. The lowest BCUT2D eigenvalue weighted by molar-refractivity contribution is 0.424. The summed E-state index contributed by atoms with van der Waals surface area (Å²) in [5, 5.41) is 11.5. The number of guanidine groups is 1. The van der Waals surface area contributed by atoms with Crippen molar-refractivity contribution in [3.05, 3.63) is 42.1 Å². The summed E-state index contributed by atoms with van der Waals surface area (Å²) >= 11 is 2.05. The van der Waals surface area contributed by atoms with Gasteiger partial charge in [-0.2, -0.15) is 11.8 Å². The van der Waals surface area contributed by atoms with Crippen LogP contribution in [0.3, 0.4) is 0 Å². The fraction of sp³-hybridized carbons (Fsp3) is 0.444. The Labute approximate surface area is 147 Å². The van der Waals surface area contributed by atoms with Crippen LogP contribution in [0.2, 0.25) is 0 Å². The highest BCUT2D eigenvalue weighted by atomic mass is 32.2. The Hall–Kier alpha value is -1.95. The number of rotatable bonds is 6. The van der Waals surface area contributed by atoms with Gasteiger partial charge in [0.05, 0.1) is 6.54 Å². The van der Waals surface area contributed by atoms with Crippen LogP contribution in [0.15, 0.2) is 45.9 Å². The van der Waals surface area contributed by atoms with E-state index in [4.69, 9.17) is 4.52 Å². The molecule has 5 nitrogen and oxygen atoms in total. The van der Waals surface area contributed by atoms with Crippen molar-refractivity contribution in [2.24, 2.45) is 4.99 Å². The molecule has 0 amide bonds. The van der Waals surface area contributed by atoms with Gasteiger partial charge in [0.1, 0.15) is 5.69 Å². The first kappa shape index (κ1) is 16.9. The Bertz CT molecular complexity index is 650. The van der Waals surface area contributed by atoms with Gasteiger partial charge in [-0.25, -0.2) is 4.99 Å². The number of aromatic nitrogens is 1. The van der Waals surface area contributed by atoms with Crippen LogP contribution in [0.1, 0.15) is 25.5 Å². The summed E-state index contributed by atoms with van der Waals surface area (Å²) in [5.41, 5.74) is 1.87. The molecule has 0 aliphatic carbocycles. The largest absolute Gasteiger partial charge is 0.357 e. The van der Waals surface area contributed by atoms with E-state index in [1.165, 1.54) is 18.6 Å². The molecule has 24 heavy (non-hydrogen) atoms. The fourth-order valence-corrected chi connectivity index (χ4v) is 3.84. The Morgan fingerprint density at radius 1 is 1.33 bits per heavy atom. The predicted octanol–water partition coefficient (Wildman–Crippen LogP) is 3.29. The second-order valence-corrected chi connectivity index (χ2v) is 7.17. The van der Waals surface area contributed by atoms with Gasteiger partial charge in [-0.1, -0.05) is 35.5 Å². The van der Waals surface area contributed by atoms with E-state index in [1.807, 2.05) is 48.2 Å². The third kappa shape index (κ3) is 4.77. The molecule has 0 radical (unpaired) electrons. The van der Waals surface area contributed by atoms with Gasteiger partial charge < -0.3 is 15.2 Å². The Morgan fingerprint density at radius 3 is 2.96 bits per heavy atom. The van der Waals surface area contributed by atoms with E-state index in [1.54, 1.807) is 0 Å². The second-order valence-electron chi connectivity index (χ2n) is 5.76. The number of aliphatic imine (C=N–C) groups is 1. The average Bonchev–Trinajstić information content (AvgIpc) is 3.30. The predicted molar refractivity (Wildman–Crippen MR) is 100 cm³/mol. The normalized spacial score (nSPS) is 17.9. The zero-order valence-corrected chi connectivity index (χ0v) is 14.8. The standard InChI is InChI=1S/C18H24N4OS/c1-2-19-18(21-13-16-9-6-10-24-16)20-12-15-11-17(23-22-15)14-7-4-3-5-8-14/h3-5,7-8,11,16H,2,6,9-10,12-13H2,1H3,(H2,19,20,21). The Kier molecular flexibility index (Phi) is 6.18. The molecule has 3 rings (SSSR count). The van der Waals surface area contributed by atoms with Gasteiger partial charge in [0.15, 0.2) is 11.7 Å². The van der Waals surface area contributed by atoms with Gasteiger partial charge in [0, 0.05) is 30.0 Å². The van der Waals surface area contributed by atoms with Gasteiger partial charge in [-0.05, 0) is 25.5 Å². The van der Waals surface area contributed by atoms with E-state index < -0.39 is 0 Å². The van der Waals surface area contributed by atoms with Crippen LogP contribution in [0.5, 0.6) is 0 Å². The Morgan fingerprint density at radius 2 is 2.21 bits per heavy atom. The topological polar surface area (TPSA) is 62.5 Å². The molecule has 1 aromatic carbocycles. The van der Waals surface area contributed by atoms with Gasteiger partial charge in [-0.15, -0.1) is 0 Å². The molecule has 1 aliphatic heterocycles. The van der Waals surface area contributed by atoms with Crippen molar-refractivity contribution in [3.8, 4) is 11.3 Å². The van der Waals surface area contributed by atoms with Crippen molar-refractivity contribution in [2.45, 2.75) is 31.6 Å². The molecule has 1 atom stereocenters. The van der Waals surface area contributed by atoms with Crippen molar-refractivity contribution >= 4 is 17.7 Å². The van der Waals surface area contributed by atoms with Crippen LogP contribution in [0.4, 0.5) is 0 Å². The molecule has 2 aromatic rings. The summed E-state index contributed by atoms with van der Waals surface area (Å²) in [6, 6.07) is 11.9. The van der Waals surface area contributed by atoms with Crippen molar-refractivity contribution in [1.82, 2.24) is 15.8 Å². The number of hydrogen-bond acceptors (Lipinski definition) is 4. The first-order chi connectivity index (χ1) is 11.8. The van der Waals surface area contributed by atoms with Crippen LogP contribution >= 0.6 is 11.8 Å². The number of hydrogen-bond donors (Lipinski definition) is 2. The second kappa shape index (κ2) is 8.78. The maximum Gasteiger partial charge on any atom is 0.191 e. The van der Waals surface area contributed by atoms with E-state index in [0.717, 1.165) is 36.1 Å². The molecule has 1 aliphatic rings. The minimum atomic E-state index is 0.503. The lowest BCUT2D eigenvalue weighted by Crippen LogP contribution is -2.40. The number of nitrogens with zero attached hydrogens (tertiary/aromatic N) is 2. The summed E-state index contributed by atoms with van der Waals surface area (Å²) in [4.78, 5) is 4.61.